The molecule has 108 valence electrons. The van der Waals surface area contributed by atoms with Crippen molar-refractivity contribution in [3.8, 4) is 0 Å². The Bertz CT molecular complexity index is 624. The molecule has 3 heterocycles. The number of hydrogen-bond acceptors (Lipinski definition) is 3. The average Bonchev–Trinajstić information content (AvgIpc) is 2.77. The largest absolute Gasteiger partial charge is 0.378 e. The second-order valence-corrected chi connectivity index (χ2v) is 7.04. The van der Waals surface area contributed by atoms with E-state index in [0.717, 1.165) is 36.4 Å². The van der Waals surface area contributed by atoms with Gasteiger partial charge in [0.2, 0.25) is 0 Å². The fraction of sp³-hybridized carbons (Fsp3) is 0.533. The summed E-state index contributed by atoms with van der Waals surface area (Å²) in [5, 5.41) is 1.17. The van der Waals surface area contributed by atoms with Crippen molar-refractivity contribution in [2.75, 3.05) is 31.2 Å². The maximum Gasteiger partial charge on any atom is 0.141 e. The van der Waals surface area contributed by atoms with Gasteiger partial charge < -0.3 is 14.2 Å². The van der Waals surface area contributed by atoms with Crippen LogP contribution in [0, 0.1) is 0 Å². The van der Waals surface area contributed by atoms with Crippen molar-refractivity contribution in [2.24, 2.45) is 0 Å². The van der Waals surface area contributed by atoms with E-state index in [2.05, 4.69) is 58.4 Å². The maximum atomic E-state index is 5.41. The third kappa shape index (κ3) is 2.44. The van der Waals surface area contributed by atoms with E-state index in [0.29, 0.717) is 0 Å². The lowest BCUT2D eigenvalue weighted by Gasteiger charge is -2.28. The van der Waals surface area contributed by atoms with Gasteiger partial charge in [-0.05, 0) is 42.8 Å². The molecule has 1 saturated heterocycles. The highest BCUT2D eigenvalue weighted by atomic mass is 79.9. The standard InChI is InChI=1S/C15H20BrN3O/c1-15(2,3)19-10-13(16)12-8-11(9-17-14(12)19)18-4-6-20-7-5-18/h8-10H,4-7H2,1-3H3. The minimum absolute atomic E-state index is 0.0255. The molecular weight excluding hydrogens is 318 g/mol. The second kappa shape index (κ2) is 5.04. The molecule has 0 amide bonds. The highest BCUT2D eigenvalue weighted by molar-refractivity contribution is 9.10. The van der Waals surface area contributed by atoms with E-state index in [4.69, 9.17) is 9.72 Å². The molecule has 0 atom stereocenters. The van der Waals surface area contributed by atoms with Crippen LogP contribution in [-0.4, -0.2) is 35.9 Å². The van der Waals surface area contributed by atoms with Crippen molar-refractivity contribution in [1.29, 1.82) is 0 Å². The molecular formula is C15H20BrN3O. The van der Waals surface area contributed by atoms with E-state index in [1.807, 2.05) is 6.20 Å². The first-order valence-electron chi connectivity index (χ1n) is 6.96. The highest BCUT2D eigenvalue weighted by Gasteiger charge is 2.20. The zero-order valence-corrected chi connectivity index (χ0v) is 13.8. The third-order valence-corrected chi connectivity index (χ3v) is 4.31. The number of rotatable bonds is 1. The van der Waals surface area contributed by atoms with Gasteiger partial charge >= 0.3 is 0 Å². The van der Waals surface area contributed by atoms with Crippen LogP contribution in [0.25, 0.3) is 11.0 Å². The Kier molecular flexibility index (Phi) is 3.50. The van der Waals surface area contributed by atoms with Crippen molar-refractivity contribution in [3.05, 3.63) is 22.9 Å². The molecule has 4 nitrogen and oxygen atoms in total. The number of anilines is 1. The Hall–Kier alpha value is -1.07. The molecule has 2 aromatic rings. The molecule has 20 heavy (non-hydrogen) atoms. The van der Waals surface area contributed by atoms with E-state index in [1.165, 1.54) is 11.1 Å². The first-order valence-corrected chi connectivity index (χ1v) is 7.76. The van der Waals surface area contributed by atoms with E-state index >= 15 is 0 Å². The quantitative estimate of drug-likeness (QED) is 0.798. The summed E-state index contributed by atoms with van der Waals surface area (Å²) < 4.78 is 8.73. The molecule has 1 fully saturated rings. The lowest BCUT2D eigenvalue weighted by molar-refractivity contribution is 0.122. The summed E-state index contributed by atoms with van der Waals surface area (Å²) in [6, 6.07) is 2.22. The van der Waals surface area contributed by atoms with Gasteiger partial charge in [0.15, 0.2) is 0 Å². The van der Waals surface area contributed by atoms with Crippen LogP contribution in [0.2, 0.25) is 0 Å². The number of ether oxygens (including phenoxy) is 1. The van der Waals surface area contributed by atoms with Crippen LogP contribution in [0.1, 0.15) is 20.8 Å². The van der Waals surface area contributed by atoms with Crippen LogP contribution >= 0.6 is 15.9 Å². The lowest BCUT2D eigenvalue weighted by Crippen LogP contribution is -2.36. The number of nitrogens with zero attached hydrogens (tertiary/aromatic N) is 3. The summed E-state index contributed by atoms with van der Waals surface area (Å²) in [6.45, 7) is 10.0. The Morgan fingerprint density at radius 2 is 1.95 bits per heavy atom. The number of pyridine rings is 1. The van der Waals surface area contributed by atoms with E-state index in [1.54, 1.807) is 0 Å². The summed E-state index contributed by atoms with van der Waals surface area (Å²) in [5.41, 5.74) is 2.23. The molecule has 0 N–H and O–H groups in total. The van der Waals surface area contributed by atoms with Gasteiger partial charge in [0.25, 0.3) is 0 Å². The van der Waals surface area contributed by atoms with Gasteiger partial charge in [-0.1, -0.05) is 0 Å². The lowest BCUT2D eigenvalue weighted by atomic mass is 10.1. The molecule has 1 aliphatic rings. The summed E-state index contributed by atoms with van der Waals surface area (Å²) >= 11 is 3.66. The minimum atomic E-state index is 0.0255. The van der Waals surface area contributed by atoms with Crippen LogP contribution in [0.3, 0.4) is 0 Å². The first kappa shape index (κ1) is 13.9. The molecule has 3 rings (SSSR count). The Morgan fingerprint density at radius 3 is 2.60 bits per heavy atom. The molecule has 0 spiro atoms. The second-order valence-electron chi connectivity index (χ2n) is 6.18. The number of fused-ring (bicyclic) bond motifs is 1. The van der Waals surface area contributed by atoms with Crippen molar-refractivity contribution >= 4 is 32.7 Å². The van der Waals surface area contributed by atoms with E-state index in [9.17, 15) is 0 Å². The van der Waals surface area contributed by atoms with Gasteiger partial charge in [0, 0.05) is 34.7 Å². The summed E-state index contributed by atoms with van der Waals surface area (Å²) in [5.74, 6) is 0. The minimum Gasteiger partial charge on any atom is -0.378 e. The van der Waals surface area contributed by atoms with E-state index in [-0.39, 0.29) is 5.54 Å². The van der Waals surface area contributed by atoms with Crippen molar-refractivity contribution in [2.45, 2.75) is 26.3 Å². The first-order chi connectivity index (χ1) is 9.47. The van der Waals surface area contributed by atoms with Crippen molar-refractivity contribution < 1.29 is 4.74 Å². The topological polar surface area (TPSA) is 30.3 Å². The highest BCUT2D eigenvalue weighted by Crippen LogP contribution is 2.32. The molecule has 0 bridgehead atoms. The normalized spacial score (nSPS) is 16.9. The van der Waals surface area contributed by atoms with Crippen LogP contribution in [-0.2, 0) is 10.3 Å². The predicted octanol–water partition coefficient (Wildman–Crippen LogP) is 3.39. The third-order valence-electron chi connectivity index (χ3n) is 3.68. The Morgan fingerprint density at radius 1 is 1.25 bits per heavy atom. The van der Waals surface area contributed by atoms with Crippen molar-refractivity contribution in [1.82, 2.24) is 9.55 Å². The molecule has 0 saturated carbocycles. The molecule has 0 unspecified atom stereocenters. The van der Waals surface area contributed by atoms with Gasteiger partial charge in [-0.25, -0.2) is 4.98 Å². The molecule has 2 aromatic heterocycles. The summed E-state index contributed by atoms with van der Waals surface area (Å²) in [4.78, 5) is 7.02. The number of hydrogen-bond donors (Lipinski definition) is 0. The number of halogens is 1. The molecule has 0 aromatic carbocycles. The summed E-state index contributed by atoms with van der Waals surface area (Å²) in [6.07, 6.45) is 4.10. The molecule has 0 aliphatic carbocycles. The van der Waals surface area contributed by atoms with Gasteiger partial charge in [-0.2, -0.15) is 0 Å². The van der Waals surface area contributed by atoms with Crippen molar-refractivity contribution in [3.63, 3.8) is 0 Å². The number of morpholine rings is 1. The van der Waals surface area contributed by atoms with Crippen LogP contribution in [0.15, 0.2) is 22.9 Å². The predicted molar refractivity (Wildman–Crippen MR) is 85.5 cm³/mol. The zero-order chi connectivity index (χ0) is 14.3. The number of aromatic nitrogens is 2. The zero-order valence-electron chi connectivity index (χ0n) is 12.2. The van der Waals surface area contributed by atoms with Gasteiger partial charge in [0.05, 0.1) is 25.1 Å². The molecule has 5 heteroatoms. The fourth-order valence-electron chi connectivity index (χ4n) is 2.56. The molecule has 1 aliphatic heterocycles. The average molecular weight is 338 g/mol. The van der Waals surface area contributed by atoms with Gasteiger partial charge in [-0.15, -0.1) is 0 Å². The SMILES string of the molecule is CC(C)(C)n1cc(Br)c2cc(N3CCOCC3)cnc21. The smallest absolute Gasteiger partial charge is 0.141 e. The maximum absolute atomic E-state index is 5.41. The Labute approximate surface area is 127 Å². The van der Waals surface area contributed by atoms with Crippen LogP contribution < -0.4 is 4.90 Å². The summed E-state index contributed by atoms with van der Waals surface area (Å²) in [7, 11) is 0. The monoisotopic (exact) mass is 337 g/mol. The van der Waals surface area contributed by atoms with Gasteiger partial charge in [-0.3, -0.25) is 0 Å². The van der Waals surface area contributed by atoms with Crippen LogP contribution in [0.4, 0.5) is 5.69 Å². The van der Waals surface area contributed by atoms with Crippen LogP contribution in [0.5, 0.6) is 0 Å². The van der Waals surface area contributed by atoms with Gasteiger partial charge in [0.1, 0.15) is 5.65 Å². The molecule has 0 radical (unpaired) electrons. The van der Waals surface area contributed by atoms with E-state index < -0.39 is 0 Å². The fourth-order valence-corrected chi connectivity index (χ4v) is 3.06. The Balaban J connectivity index is 2.05.